The first-order valence-electron chi connectivity index (χ1n) is 7.82. The molecule has 21 heavy (non-hydrogen) atoms. The van der Waals surface area contributed by atoms with Gasteiger partial charge in [-0.3, -0.25) is 4.79 Å². The van der Waals surface area contributed by atoms with Crippen LogP contribution in [-0.4, -0.2) is 34.0 Å². The maximum absolute atomic E-state index is 11.6. The van der Waals surface area contributed by atoms with E-state index in [2.05, 4.69) is 27.4 Å². The summed E-state index contributed by atoms with van der Waals surface area (Å²) >= 11 is 0. The number of esters is 1. The van der Waals surface area contributed by atoms with E-state index in [9.17, 15) is 15.0 Å². The lowest BCUT2D eigenvalue weighted by molar-refractivity contribution is -0.155. The molecule has 0 saturated heterocycles. The molecule has 0 aromatic heterocycles. The lowest BCUT2D eigenvalue weighted by atomic mass is 9.66. The molecule has 118 valence electrons. The number of hydrogen-bond acceptors (Lipinski definition) is 4. The fourth-order valence-corrected chi connectivity index (χ4v) is 5.85. The van der Waals surface area contributed by atoms with Crippen molar-refractivity contribution in [2.24, 2.45) is 22.7 Å². The van der Waals surface area contributed by atoms with Crippen molar-refractivity contribution in [2.75, 3.05) is 0 Å². The van der Waals surface area contributed by atoms with E-state index in [-0.39, 0.29) is 34.7 Å². The zero-order chi connectivity index (χ0) is 15.8. The molecule has 2 N–H and O–H groups in total. The number of rotatable bonds is 1. The van der Waals surface area contributed by atoms with Crippen molar-refractivity contribution >= 4 is 5.97 Å². The summed E-state index contributed by atoms with van der Waals surface area (Å²) < 4.78 is 5.65. The number of carbonyl (C=O) groups is 1. The van der Waals surface area contributed by atoms with E-state index in [4.69, 9.17) is 4.74 Å². The second-order valence-electron chi connectivity index (χ2n) is 8.17. The number of aliphatic hydroxyl groups is 2. The van der Waals surface area contributed by atoms with Gasteiger partial charge in [-0.05, 0) is 30.3 Å². The van der Waals surface area contributed by atoms with Crippen LogP contribution in [0.15, 0.2) is 12.2 Å². The van der Waals surface area contributed by atoms with E-state index in [1.807, 2.05) is 0 Å². The minimum absolute atomic E-state index is 0.0449. The van der Waals surface area contributed by atoms with E-state index >= 15 is 0 Å². The Bertz CT molecular complexity index is 511. The van der Waals surface area contributed by atoms with Crippen molar-refractivity contribution in [3.8, 4) is 0 Å². The van der Waals surface area contributed by atoms with Gasteiger partial charge in [-0.2, -0.15) is 0 Å². The predicted molar refractivity (Wildman–Crippen MR) is 78.4 cm³/mol. The molecule has 3 aliphatic rings. The van der Waals surface area contributed by atoms with Crippen LogP contribution >= 0.6 is 0 Å². The van der Waals surface area contributed by atoms with Crippen LogP contribution in [0.25, 0.3) is 0 Å². The van der Waals surface area contributed by atoms with Gasteiger partial charge in [0.1, 0.15) is 6.10 Å². The maximum atomic E-state index is 11.6. The average molecular weight is 294 g/mol. The third-order valence-corrected chi connectivity index (χ3v) is 6.46. The van der Waals surface area contributed by atoms with Gasteiger partial charge in [0.15, 0.2) is 0 Å². The van der Waals surface area contributed by atoms with Gasteiger partial charge < -0.3 is 14.9 Å². The van der Waals surface area contributed by atoms with Gasteiger partial charge in [-0.1, -0.05) is 27.4 Å². The summed E-state index contributed by atoms with van der Waals surface area (Å²) in [5, 5.41) is 21.7. The normalized spacial score (nSPS) is 50.9. The molecule has 4 heteroatoms. The van der Waals surface area contributed by atoms with Gasteiger partial charge in [0.05, 0.1) is 11.7 Å². The second-order valence-corrected chi connectivity index (χ2v) is 8.17. The van der Waals surface area contributed by atoms with E-state index in [1.54, 1.807) is 0 Å². The molecular weight excluding hydrogens is 268 g/mol. The fraction of sp³-hybridized carbons (Fsp3) is 0.824. The van der Waals surface area contributed by atoms with Crippen LogP contribution in [0, 0.1) is 22.7 Å². The molecule has 3 rings (SSSR count). The van der Waals surface area contributed by atoms with Gasteiger partial charge in [0, 0.05) is 24.2 Å². The Morgan fingerprint density at radius 2 is 1.95 bits per heavy atom. The molecule has 6 unspecified atom stereocenters. The van der Waals surface area contributed by atoms with Crippen LogP contribution < -0.4 is 0 Å². The summed E-state index contributed by atoms with van der Waals surface area (Å²) in [6.45, 7) is 11.8. The van der Waals surface area contributed by atoms with E-state index < -0.39 is 11.7 Å². The summed E-state index contributed by atoms with van der Waals surface area (Å²) in [7, 11) is 0. The monoisotopic (exact) mass is 294 g/mol. The number of hydrogen-bond donors (Lipinski definition) is 2. The smallest absolute Gasteiger partial charge is 0.302 e. The fourth-order valence-electron chi connectivity index (χ4n) is 5.85. The third-order valence-electron chi connectivity index (χ3n) is 6.46. The highest BCUT2D eigenvalue weighted by Crippen LogP contribution is 2.71. The van der Waals surface area contributed by atoms with Crippen LogP contribution in [0.2, 0.25) is 0 Å². The Kier molecular flexibility index (Phi) is 2.94. The van der Waals surface area contributed by atoms with E-state index in [0.717, 1.165) is 12.8 Å². The number of ether oxygens (including phenoxy) is 1. The molecule has 3 aliphatic carbocycles. The Hall–Kier alpha value is -0.870. The minimum Gasteiger partial charge on any atom is -0.462 e. The molecule has 0 aliphatic heterocycles. The van der Waals surface area contributed by atoms with Crippen LogP contribution in [0.3, 0.4) is 0 Å². The molecule has 0 heterocycles. The van der Waals surface area contributed by atoms with Gasteiger partial charge in [-0.15, -0.1) is 0 Å². The maximum Gasteiger partial charge on any atom is 0.302 e. The van der Waals surface area contributed by atoms with Crippen molar-refractivity contribution < 1.29 is 19.7 Å². The third kappa shape index (κ3) is 1.66. The Labute approximate surface area is 126 Å². The lowest BCUT2D eigenvalue weighted by Gasteiger charge is -2.41. The SMILES string of the molecule is C=C1C(O)CC2C(OC(C)=O)C3(C)CCC(C)(C)C3C12O. The van der Waals surface area contributed by atoms with E-state index in [1.165, 1.54) is 6.92 Å². The summed E-state index contributed by atoms with van der Waals surface area (Å²) in [6, 6.07) is 0. The van der Waals surface area contributed by atoms with Gasteiger partial charge in [0.25, 0.3) is 0 Å². The molecule has 0 aromatic carbocycles. The van der Waals surface area contributed by atoms with Gasteiger partial charge in [0.2, 0.25) is 0 Å². The summed E-state index contributed by atoms with van der Waals surface area (Å²) in [5.41, 5.74) is -0.941. The number of carbonyl (C=O) groups excluding carboxylic acids is 1. The van der Waals surface area contributed by atoms with Crippen molar-refractivity contribution in [1.82, 2.24) is 0 Å². The Morgan fingerprint density at radius 1 is 1.33 bits per heavy atom. The van der Waals surface area contributed by atoms with Crippen molar-refractivity contribution in [1.29, 1.82) is 0 Å². The highest BCUT2D eigenvalue weighted by molar-refractivity contribution is 5.66. The number of aliphatic hydroxyl groups excluding tert-OH is 1. The van der Waals surface area contributed by atoms with E-state index in [0.29, 0.717) is 12.0 Å². The molecule has 3 saturated carbocycles. The van der Waals surface area contributed by atoms with Crippen molar-refractivity contribution in [3.63, 3.8) is 0 Å². The molecular formula is C17H26O4. The lowest BCUT2D eigenvalue weighted by Crippen LogP contribution is -2.46. The first-order chi connectivity index (χ1) is 9.55. The van der Waals surface area contributed by atoms with Crippen LogP contribution in [0.5, 0.6) is 0 Å². The molecule has 4 nitrogen and oxygen atoms in total. The molecule has 0 spiro atoms. The molecule has 6 atom stereocenters. The Morgan fingerprint density at radius 3 is 2.52 bits per heavy atom. The van der Waals surface area contributed by atoms with Gasteiger partial charge >= 0.3 is 5.97 Å². The van der Waals surface area contributed by atoms with Crippen LogP contribution in [0.4, 0.5) is 0 Å². The standard InChI is InChI=1S/C17H26O4/c1-9-12(19)8-11-13(21-10(2)18)16(5)7-6-15(3,4)14(16)17(9,11)20/h11-14,19-20H,1,6-8H2,2-5H3. The first-order valence-corrected chi connectivity index (χ1v) is 7.82. The predicted octanol–water partition coefficient (Wildman–Crippen LogP) is 2.04. The first kappa shape index (κ1) is 15.0. The molecule has 0 amide bonds. The highest BCUT2D eigenvalue weighted by atomic mass is 16.5. The zero-order valence-corrected chi connectivity index (χ0v) is 13.3. The van der Waals surface area contributed by atoms with Crippen LogP contribution in [-0.2, 0) is 9.53 Å². The minimum atomic E-state index is -1.13. The summed E-state index contributed by atoms with van der Waals surface area (Å²) in [6.07, 6.45) is 1.27. The summed E-state index contributed by atoms with van der Waals surface area (Å²) in [5.74, 6) is -0.615. The second kappa shape index (κ2) is 4.11. The quantitative estimate of drug-likeness (QED) is 0.574. The molecule has 0 aromatic rings. The highest BCUT2D eigenvalue weighted by Gasteiger charge is 2.75. The Balaban J connectivity index is 2.14. The average Bonchev–Trinajstić information content (AvgIpc) is 2.80. The number of fused-ring (bicyclic) bond motifs is 3. The van der Waals surface area contributed by atoms with Crippen molar-refractivity contribution in [3.05, 3.63) is 12.2 Å². The topological polar surface area (TPSA) is 66.8 Å². The van der Waals surface area contributed by atoms with Gasteiger partial charge in [-0.25, -0.2) is 0 Å². The largest absolute Gasteiger partial charge is 0.462 e. The zero-order valence-electron chi connectivity index (χ0n) is 13.3. The molecule has 0 radical (unpaired) electrons. The molecule has 0 bridgehead atoms. The van der Waals surface area contributed by atoms with Crippen molar-refractivity contribution in [2.45, 2.75) is 64.8 Å². The summed E-state index contributed by atoms with van der Waals surface area (Å²) in [4.78, 5) is 11.6. The molecule has 3 fully saturated rings. The van der Waals surface area contributed by atoms with Crippen LogP contribution in [0.1, 0.15) is 47.0 Å².